The lowest BCUT2D eigenvalue weighted by molar-refractivity contribution is 0.483. The predicted molar refractivity (Wildman–Crippen MR) is 115 cm³/mol. The maximum absolute atomic E-state index is 11.4. The van der Waals surface area contributed by atoms with E-state index in [4.69, 9.17) is 0 Å². The third-order valence-corrected chi connectivity index (χ3v) is 5.58. The van der Waals surface area contributed by atoms with Crippen LogP contribution in [0.25, 0.3) is 11.1 Å². The van der Waals surface area contributed by atoms with E-state index in [1.807, 2.05) is 36.4 Å². The standard InChI is InChI=1S/C24H24O3S/c1-2-3-14-23(19-15-17-22(18-16-19)28(25,26)27)24(20-10-6-4-7-11-20)21-12-8-5-9-13-21/h4-13,15-18H,2-3,14H2,1H3,(H,25,26,27). The molecular weight excluding hydrogens is 368 g/mol. The zero-order valence-corrected chi connectivity index (χ0v) is 16.7. The summed E-state index contributed by atoms with van der Waals surface area (Å²) in [4.78, 5) is -0.0907. The van der Waals surface area contributed by atoms with Crippen LogP contribution in [-0.4, -0.2) is 13.0 Å². The molecule has 0 amide bonds. The first-order valence-corrected chi connectivity index (χ1v) is 10.9. The largest absolute Gasteiger partial charge is 0.294 e. The van der Waals surface area contributed by atoms with E-state index in [0.29, 0.717) is 0 Å². The lowest BCUT2D eigenvalue weighted by Gasteiger charge is -2.17. The Morgan fingerprint density at radius 3 is 1.68 bits per heavy atom. The SMILES string of the molecule is CCCCC(=C(c1ccccc1)c1ccccc1)c1ccc(S(=O)(=O)O)cc1. The third kappa shape index (κ3) is 4.77. The maximum atomic E-state index is 11.4. The van der Waals surface area contributed by atoms with Gasteiger partial charge in [-0.25, -0.2) is 0 Å². The van der Waals surface area contributed by atoms with Gasteiger partial charge in [-0.3, -0.25) is 4.55 Å². The molecule has 4 heteroatoms. The van der Waals surface area contributed by atoms with Crippen LogP contribution in [-0.2, 0) is 10.1 Å². The van der Waals surface area contributed by atoms with Gasteiger partial charge in [-0.15, -0.1) is 0 Å². The van der Waals surface area contributed by atoms with Crippen molar-refractivity contribution in [2.75, 3.05) is 0 Å². The van der Waals surface area contributed by atoms with Crippen molar-refractivity contribution in [1.29, 1.82) is 0 Å². The summed E-state index contributed by atoms with van der Waals surface area (Å²) in [7, 11) is -4.20. The van der Waals surface area contributed by atoms with Crippen molar-refractivity contribution in [2.45, 2.75) is 31.1 Å². The van der Waals surface area contributed by atoms with E-state index in [9.17, 15) is 13.0 Å². The Morgan fingerprint density at radius 2 is 1.25 bits per heavy atom. The van der Waals surface area contributed by atoms with E-state index in [2.05, 4.69) is 31.2 Å². The summed E-state index contributed by atoms with van der Waals surface area (Å²) in [5, 5.41) is 0. The minimum atomic E-state index is -4.20. The van der Waals surface area contributed by atoms with Gasteiger partial charge in [0.15, 0.2) is 0 Å². The number of benzene rings is 3. The highest BCUT2D eigenvalue weighted by Gasteiger charge is 2.15. The number of hydrogen-bond donors (Lipinski definition) is 1. The molecule has 0 aliphatic heterocycles. The monoisotopic (exact) mass is 392 g/mol. The van der Waals surface area contributed by atoms with Crippen molar-refractivity contribution >= 4 is 21.3 Å². The van der Waals surface area contributed by atoms with Gasteiger partial charge in [0.05, 0.1) is 4.90 Å². The van der Waals surface area contributed by atoms with Gasteiger partial charge < -0.3 is 0 Å². The van der Waals surface area contributed by atoms with Crippen molar-refractivity contribution in [3.63, 3.8) is 0 Å². The molecule has 0 spiro atoms. The molecule has 0 radical (unpaired) electrons. The molecule has 3 aromatic carbocycles. The topological polar surface area (TPSA) is 54.4 Å². The van der Waals surface area contributed by atoms with Crippen LogP contribution < -0.4 is 0 Å². The summed E-state index contributed by atoms with van der Waals surface area (Å²) < 4.78 is 32.1. The molecule has 1 N–H and O–H groups in total. The van der Waals surface area contributed by atoms with Gasteiger partial charge in [-0.05, 0) is 52.8 Å². The second kappa shape index (κ2) is 9.00. The van der Waals surface area contributed by atoms with Gasteiger partial charge in [-0.2, -0.15) is 8.42 Å². The highest BCUT2D eigenvalue weighted by Crippen LogP contribution is 2.35. The molecule has 3 nitrogen and oxygen atoms in total. The molecule has 144 valence electrons. The highest BCUT2D eigenvalue weighted by molar-refractivity contribution is 7.85. The van der Waals surface area contributed by atoms with Gasteiger partial charge in [0, 0.05) is 0 Å². The average Bonchev–Trinajstić information content (AvgIpc) is 2.72. The first-order valence-electron chi connectivity index (χ1n) is 9.42. The van der Waals surface area contributed by atoms with Crippen LogP contribution in [0.5, 0.6) is 0 Å². The molecule has 3 aromatic rings. The Bertz CT molecular complexity index is 995. The van der Waals surface area contributed by atoms with Crippen molar-refractivity contribution < 1.29 is 13.0 Å². The zero-order valence-electron chi connectivity index (χ0n) is 15.9. The van der Waals surface area contributed by atoms with Crippen molar-refractivity contribution in [1.82, 2.24) is 0 Å². The van der Waals surface area contributed by atoms with Gasteiger partial charge in [-0.1, -0.05) is 86.1 Å². The Morgan fingerprint density at radius 1 is 0.750 bits per heavy atom. The lowest BCUT2D eigenvalue weighted by Crippen LogP contribution is -1.99. The summed E-state index contributed by atoms with van der Waals surface area (Å²) in [6.45, 7) is 2.16. The molecule has 0 aromatic heterocycles. The van der Waals surface area contributed by atoms with Gasteiger partial charge in [0.25, 0.3) is 10.1 Å². The van der Waals surface area contributed by atoms with Crippen LogP contribution in [0.3, 0.4) is 0 Å². The number of unbranched alkanes of at least 4 members (excludes halogenated alkanes) is 1. The molecule has 0 saturated heterocycles. The van der Waals surface area contributed by atoms with E-state index in [-0.39, 0.29) is 4.90 Å². The first kappa shape index (κ1) is 20.1. The Kier molecular flexibility index (Phi) is 6.45. The van der Waals surface area contributed by atoms with Crippen LogP contribution in [0.4, 0.5) is 0 Å². The minimum Gasteiger partial charge on any atom is -0.282 e. The summed E-state index contributed by atoms with van der Waals surface area (Å²) >= 11 is 0. The van der Waals surface area contributed by atoms with E-state index in [1.165, 1.54) is 17.7 Å². The molecule has 0 heterocycles. The molecule has 3 rings (SSSR count). The Labute approximate surface area is 167 Å². The molecule has 0 aliphatic carbocycles. The molecule has 0 bridgehead atoms. The van der Waals surface area contributed by atoms with Crippen molar-refractivity contribution in [3.8, 4) is 0 Å². The number of allylic oxidation sites excluding steroid dienone is 1. The fourth-order valence-electron chi connectivity index (χ4n) is 3.32. The summed E-state index contributed by atoms with van der Waals surface area (Å²) in [5.41, 5.74) is 5.52. The normalized spacial score (nSPS) is 11.2. The third-order valence-electron chi connectivity index (χ3n) is 4.71. The van der Waals surface area contributed by atoms with Crippen molar-refractivity contribution in [2.24, 2.45) is 0 Å². The molecule has 0 aliphatic rings. The Balaban J connectivity index is 2.23. The smallest absolute Gasteiger partial charge is 0.282 e. The fraction of sp³-hybridized carbons (Fsp3) is 0.167. The number of rotatable bonds is 7. The highest BCUT2D eigenvalue weighted by atomic mass is 32.2. The second-order valence-electron chi connectivity index (χ2n) is 6.69. The molecule has 0 atom stereocenters. The molecular formula is C24H24O3S. The van der Waals surface area contributed by atoms with E-state index >= 15 is 0 Å². The van der Waals surface area contributed by atoms with Crippen LogP contribution in [0.1, 0.15) is 42.9 Å². The van der Waals surface area contributed by atoms with Gasteiger partial charge in [0.2, 0.25) is 0 Å². The molecule has 0 unspecified atom stereocenters. The van der Waals surface area contributed by atoms with Crippen LogP contribution in [0, 0.1) is 0 Å². The predicted octanol–water partition coefficient (Wildman–Crippen LogP) is 6.08. The van der Waals surface area contributed by atoms with Gasteiger partial charge >= 0.3 is 0 Å². The quantitative estimate of drug-likeness (QED) is 0.391. The summed E-state index contributed by atoms with van der Waals surface area (Å²) in [6, 6.07) is 27.0. The van der Waals surface area contributed by atoms with Crippen LogP contribution >= 0.6 is 0 Å². The molecule has 0 fully saturated rings. The number of hydrogen-bond acceptors (Lipinski definition) is 2. The van der Waals surface area contributed by atoms with Crippen LogP contribution in [0.2, 0.25) is 0 Å². The molecule has 28 heavy (non-hydrogen) atoms. The van der Waals surface area contributed by atoms with Gasteiger partial charge in [0.1, 0.15) is 0 Å². The summed E-state index contributed by atoms with van der Waals surface area (Å²) in [6.07, 6.45) is 2.96. The molecule has 0 saturated carbocycles. The maximum Gasteiger partial charge on any atom is 0.294 e. The second-order valence-corrected chi connectivity index (χ2v) is 8.11. The summed E-state index contributed by atoms with van der Waals surface area (Å²) in [5.74, 6) is 0. The van der Waals surface area contributed by atoms with Crippen molar-refractivity contribution in [3.05, 3.63) is 102 Å². The average molecular weight is 393 g/mol. The fourth-order valence-corrected chi connectivity index (χ4v) is 3.80. The zero-order chi connectivity index (χ0) is 20.0. The first-order chi connectivity index (χ1) is 13.5. The minimum absolute atomic E-state index is 0.0907. The lowest BCUT2D eigenvalue weighted by atomic mass is 9.87. The van der Waals surface area contributed by atoms with E-state index < -0.39 is 10.1 Å². The van der Waals surface area contributed by atoms with E-state index in [1.54, 1.807) is 12.1 Å². The Hall–Kier alpha value is -2.69. The van der Waals surface area contributed by atoms with Crippen LogP contribution in [0.15, 0.2) is 89.8 Å². The van der Waals surface area contributed by atoms with E-state index in [0.717, 1.165) is 41.5 Å².